The maximum Gasteiger partial charge on any atom is 0.266 e. The van der Waals surface area contributed by atoms with Crippen molar-refractivity contribution in [3.8, 4) is 5.69 Å². The molecule has 0 aliphatic carbocycles. The van der Waals surface area contributed by atoms with Crippen LogP contribution >= 0.6 is 0 Å². The fourth-order valence-corrected chi connectivity index (χ4v) is 3.44. The second-order valence-electron chi connectivity index (χ2n) is 7.42. The maximum atomic E-state index is 13.3. The van der Waals surface area contributed by atoms with Crippen LogP contribution in [0, 0.1) is 13.8 Å². The van der Waals surface area contributed by atoms with E-state index in [2.05, 4.69) is 45.1 Å². The molecule has 3 aromatic rings. The van der Waals surface area contributed by atoms with Crippen molar-refractivity contribution in [3.05, 3.63) is 69.8 Å². The van der Waals surface area contributed by atoms with E-state index in [0.717, 1.165) is 23.6 Å². The summed E-state index contributed by atoms with van der Waals surface area (Å²) < 4.78 is 1.80. The monoisotopic (exact) mass is 364 g/mol. The average Bonchev–Trinajstić information content (AvgIpc) is 2.67. The van der Waals surface area contributed by atoms with Gasteiger partial charge in [0.15, 0.2) is 5.82 Å². The first-order valence-electron chi connectivity index (χ1n) is 9.95. The van der Waals surface area contributed by atoms with Crippen molar-refractivity contribution in [2.75, 3.05) is 6.54 Å². The van der Waals surface area contributed by atoms with Crippen LogP contribution in [0.4, 0.5) is 0 Å². The molecule has 4 heteroatoms. The van der Waals surface area contributed by atoms with Crippen molar-refractivity contribution in [2.45, 2.75) is 53.0 Å². The van der Waals surface area contributed by atoms with E-state index in [4.69, 9.17) is 4.98 Å². The summed E-state index contributed by atoms with van der Waals surface area (Å²) in [4.78, 5) is 18.2. The summed E-state index contributed by atoms with van der Waals surface area (Å²) in [6, 6.07) is 13.9. The first-order chi connectivity index (χ1) is 13.0. The number of quaternary nitrogens is 1. The van der Waals surface area contributed by atoms with E-state index in [-0.39, 0.29) is 11.6 Å². The second-order valence-corrected chi connectivity index (χ2v) is 7.42. The molecule has 1 aromatic heterocycles. The lowest BCUT2D eigenvalue weighted by Crippen LogP contribution is -2.85. The third-order valence-corrected chi connectivity index (χ3v) is 5.29. The number of aromatic nitrogens is 2. The van der Waals surface area contributed by atoms with Crippen molar-refractivity contribution < 1.29 is 5.32 Å². The zero-order valence-electron chi connectivity index (χ0n) is 16.8. The molecular formula is C23H30N3O+. The zero-order chi connectivity index (χ0) is 19.4. The molecule has 0 bridgehead atoms. The number of para-hydroxylation sites is 1. The van der Waals surface area contributed by atoms with Crippen LogP contribution in [0.15, 0.2) is 47.3 Å². The normalized spacial score (nSPS) is 12.4. The number of nitrogens with zero attached hydrogens (tertiary/aromatic N) is 2. The molecule has 3 rings (SSSR count). The lowest BCUT2D eigenvalue weighted by Gasteiger charge is -2.18. The lowest BCUT2D eigenvalue weighted by atomic mass is 10.1. The topological polar surface area (TPSA) is 51.5 Å². The minimum absolute atomic E-state index is 0.00709. The molecular weight excluding hydrogens is 334 g/mol. The zero-order valence-corrected chi connectivity index (χ0v) is 16.8. The van der Waals surface area contributed by atoms with Gasteiger partial charge in [-0.3, -0.25) is 9.36 Å². The Morgan fingerprint density at radius 2 is 1.85 bits per heavy atom. The standard InChI is InChI=1S/C23H29N3O/c1-5-6-9-14-24-18(4)22-25-21-11-8-7-10-20(21)23(27)26(22)19-13-12-16(2)17(3)15-19/h7-8,10-13,15,18,24H,5-6,9,14H2,1-4H3/p+1/t18-/m0/s1. The summed E-state index contributed by atoms with van der Waals surface area (Å²) in [5.41, 5.74) is 4.07. The van der Waals surface area contributed by atoms with E-state index in [1.165, 1.54) is 30.4 Å². The summed E-state index contributed by atoms with van der Waals surface area (Å²) in [5, 5.41) is 2.96. The van der Waals surface area contributed by atoms with Gasteiger partial charge in [0.2, 0.25) is 0 Å². The van der Waals surface area contributed by atoms with E-state index < -0.39 is 0 Å². The molecule has 2 N–H and O–H groups in total. The van der Waals surface area contributed by atoms with E-state index >= 15 is 0 Å². The van der Waals surface area contributed by atoms with E-state index in [9.17, 15) is 4.79 Å². The van der Waals surface area contributed by atoms with Gasteiger partial charge in [-0.15, -0.1) is 0 Å². The molecule has 0 aliphatic heterocycles. The highest BCUT2D eigenvalue weighted by atomic mass is 16.1. The minimum Gasteiger partial charge on any atom is -0.338 e. The van der Waals surface area contributed by atoms with Gasteiger partial charge in [-0.05, 0) is 69.0 Å². The van der Waals surface area contributed by atoms with Gasteiger partial charge in [0.1, 0.15) is 6.04 Å². The predicted molar refractivity (Wildman–Crippen MR) is 112 cm³/mol. The summed E-state index contributed by atoms with van der Waals surface area (Å²) in [6.45, 7) is 9.57. The molecule has 1 heterocycles. The molecule has 1 atom stereocenters. The number of benzene rings is 2. The van der Waals surface area contributed by atoms with Gasteiger partial charge in [0.05, 0.1) is 23.1 Å². The number of nitrogens with two attached hydrogens (primary N) is 1. The Morgan fingerprint density at radius 3 is 2.59 bits per heavy atom. The number of hydrogen-bond acceptors (Lipinski definition) is 2. The number of unbranched alkanes of at least 4 members (excludes halogenated alkanes) is 2. The fourth-order valence-electron chi connectivity index (χ4n) is 3.44. The molecule has 142 valence electrons. The molecule has 0 fully saturated rings. The quantitative estimate of drug-likeness (QED) is 0.648. The third kappa shape index (κ3) is 4.11. The Kier molecular flexibility index (Phi) is 6.07. The van der Waals surface area contributed by atoms with Crippen LogP contribution in [0.25, 0.3) is 16.6 Å². The maximum absolute atomic E-state index is 13.3. The Balaban J connectivity index is 2.12. The highest BCUT2D eigenvalue weighted by Crippen LogP contribution is 2.18. The SMILES string of the molecule is CCCCC[NH2+][C@@H](C)c1nc2ccccc2c(=O)n1-c1ccc(C)c(C)c1. The summed E-state index contributed by atoms with van der Waals surface area (Å²) in [6.07, 6.45) is 3.63. The van der Waals surface area contributed by atoms with Crippen LogP contribution in [0.2, 0.25) is 0 Å². The van der Waals surface area contributed by atoms with Crippen LogP contribution in [0.1, 0.15) is 56.1 Å². The van der Waals surface area contributed by atoms with Gasteiger partial charge in [-0.1, -0.05) is 31.5 Å². The van der Waals surface area contributed by atoms with Crippen molar-refractivity contribution in [3.63, 3.8) is 0 Å². The molecule has 0 radical (unpaired) electrons. The Labute approximate surface area is 161 Å². The predicted octanol–water partition coefficient (Wildman–Crippen LogP) is 3.82. The van der Waals surface area contributed by atoms with Crippen molar-refractivity contribution in [2.24, 2.45) is 0 Å². The van der Waals surface area contributed by atoms with E-state index in [1.807, 2.05) is 30.3 Å². The Morgan fingerprint density at radius 1 is 1.07 bits per heavy atom. The van der Waals surface area contributed by atoms with E-state index in [0.29, 0.717) is 5.39 Å². The smallest absolute Gasteiger partial charge is 0.266 e. The molecule has 2 aromatic carbocycles. The highest BCUT2D eigenvalue weighted by molar-refractivity contribution is 5.77. The second kappa shape index (κ2) is 8.49. The van der Waals surface area contributed by atoms with Gasteiger partial charge in [0.25, 0.3) is 5.56 Å². The highest BCUT2D eigenvalue weighted by Gasteiger charge is 2.20. The van der Waals surface area contributed by atoms with Crippen LogP contribution in [0.5, 0.6) is 0 Å². The molecule has 0 aliphatic rings. The van der Waals surface area contributed by atoms with Gasteiger partial charge in [-0.2, -0.15) is 0 Å². The fraction of sp³-hybridized carbons (Fsp3) is 0.391. The van der Waals surface area contributed by atoms with Crippen LogP contribution in [-0.4, -0.2) is 16.1 Å². The van der Waals surface area contributed by atoms with Crippen LogP contribution < -0.4 is 10.9 Å². The molecule has 0 saturated heterocycles. The summed E-state index contributed by atoms with van der Waals surface area (Å²) in [5.74, 6) is 0.818. The van der Waals surface area contributed by atoms with Crippen molar-refractivity contribution in [1.29, 1.82) is 0 Å². The third-order valence-electron chi connectivity index (χ3n) is 5.29. The molecule has 0 spiro atoms. The lowest BCUT2D eigenvalue weighted by molar-refractivity contribution is -0.694. The first-order valence-corrected chi connectivity index (χ1v) is 9.95. The van der Waals surface area contributed by atoms with E-state index in [1.54, 1.807) is 4.57 Å². The van der Waals surface area contributed by atoms with Gasteiger partial charge >= 0.3 is 0 Å². The molecule has 0 amide bonds. The number of fused-ring (bicyclic) bond motifs is 1. The van der Waals surface area contributed by atoms with Gasteiger partial charge in [0, 0.05) is 0 Å². The average molecular weight is 365 g/mol. The van der Waals surface area contributed by atoms with Crippen molar-refractivity contribution in [1.82, 2.24) is 9.55 Å². The molecule has 4 nitrogen and oxygen atoms in total. The summed E-state index contributed by atoms with van der Waals surface area (Å²) in [7, 11) is 0. The minimum atomic E-state index is 0.00709. The Bertz CT molecular complexity index is 991. The molecule has 27 heavy (non-hydrogen) atoms. The Hall–Kier alpha value is -2.46. The van der Waals surface area contributed by atoms with Crippen LogP contribution in [-0.2, 0) is 0 Å². The molecule has 0 unspecified atom stereocenters. The molecule has 0 saturated carbocycles. The van der Waals surface area contributed by atoms with Gasteiger partial charge < -0.3 is 5.32 Å². The number of rotatable bonds is 7. The van der Waals surface area contributed by atoms with Gasteiger partial charge in [-0.25, -0.2) is 4.98 Å². The first kappa shape index (κ1) is 19.3. The summed E-state index contributed by atoms with van der Waals surface area (Å²) >= 11 is 0. The number of hydrogen-bond donors (Lipinski definition) is 1. The van der Waals surface area contributed by atoms with Crippen LogP contribution in [0.3, 0.4) is 0 Å². The number of aryl methyl sites for hydroxylation is 2. The largest absolute Gasteiger partial charge is 0.338 e. The van der Waals surface area contributed by atoms with Crippen molar-refractivity contribution >= 4 is 10.9 Å².